The standard InChI is InChI=1S/C27H32N10O/c1-16(38)14-35-7-5-19-6-8-36(15-24(19)35)23-10-18(11-28)9-22(17(23)2)32-27-33-25(31-20-3-4-20)26-30-13-21(12-29)37(26)34-27/h9-10,13,16,19-20,24,38H,3-8,14-15H2,1-2H3,(H2,31,32,33,34). The van der Waals surface area contributed by atoms with Crippen molar-refractivity contribution < 1.29 is 5.11 Å². The molecule has 11 heteroatoms. The van der Waals surface area contributed by atoms with E-state index in [1.165, 1.54) is 17.1 Å². The highest BCUT2D eigenvalue weighted by Gasteiger charge is 2.39. The van der Waals surface area contributed by atoms with E-state index >= 15 is 0 Å². The number of benzene rings is 1. The first-order valence-electron chi connectivity index (χ1n) is 13.3. The summed E-state index contributed by atoms with van der Waals surface area (Å²) in [6, 6.07) is 8.98. The molecule has 38 heavy (non-hydrogen) atoms. The second-order valence-electron chi connectivity index (χ2n) is 10.8. The first kappa shape index (κ1) is 24.4. The second-order valence-corrected chi connectivity index (χ2v) is 10.8. The number of β-amino-alcohol motifs (C(OH)–C–C–N with tert-alkyl or cyclic N) is 1. The van der Waals surface area contributed by atoms with E-state index in [4.69, 9.17) is 4.98 Å². The first-order chi connectivity index (χ1) is 18.4. The van der Waals surface area contributed by atoms with E-state index in [1.807, 2.05) is 26.0 Å². The number of hydrogen-bond donors (Lipinski definition) is 3. The summed E-state index contributed by atoms with van der Waals surface area (Å²) in [5.41, 5.74) is 4.18. The van der Waals surface area contributed by atoms with Crippen molar-refractivity contribution in [2.24, 2.45) is 5.92 Å². The van der Waals surface area contributed by atoms with Crippen LogP contribution in [0.25, 0.3) is 5.65 Å². The Morgan fingerprint density at radius 1 is 1.16 bits per heavy atom. The largest absolute Gasteiger partial charge is 0.392 e. The Bertz CT molecular complexity index is 1450. The van der Waals surface area contributed by atoms with Crippen molar-refractivity contribution in [3.63, 3.8) is 0 Å². The average Bonchev–Trinajstić information content (AvgIpc) is 3.49. The number of hydrogen-bond acceptors (Lipinski definition) is 10. The molecule has 0 spiro atoms. The van der Waals surface area contributed by atoms with E-state index in [0.717, 1.165) is 55.8 Å². The Morgan fingerprint density at radius 3 is 2.71 bits per heavy atom. The average molecular weight is 513 g/mol. The minimum atomic E-state index is -0.350. The molecule has 2 aromatic heterocycles. The van der Waals surface area contributed by atoms with Gasteiger partial charge in [0.2, 0.25) is 5.95 Å². The van der Waals surface area contributed by atoms with Crippen LogP contribution in [-0.2, 0) is 0 Å². The zero-order valence-corrected chi connectivity index (χ0v) is 21.7. The molecule has 0 bridgehead atoms. The van der Waals surface area contributed by atoms with Gasteiger partial charge in [0, 0.05) is 43.1 Å². The molecule has 3 aromatic rings. The maximum atomic E-state index is 9.99. The fraction of sp³-hybridized carbons (Fsp3) is 0.519. The van der Waals surface area contributed by atoms with Crippen molar-refractivity contribution >= 4 is 28.8 Å². The number of rotatable bonds is 7. The molecule has 3 N–H and O–H groups in total. The molecule has 4 heterocycles. The van der Waals surface area contributed by atoms with Crippen LogP contribution in [0.3, 0.4) is 0 Å². The van der Waals surface area contributed by atoms with Gasteiger partial charge in [0.1, 0.15) is 6.07 Å². The fourth-order valence-corrected chi connectivity index (χ4v) is 5.88. The Balaban J connectivity index is 1.32. The number of fused-ring (bicyclic) bond motifs is 2. The van der Waals surface area contributed by atoms with Crippen LogP contribution >= 0.6 is 0 Å². The predicted molar refractivity (Wildman–Crippen MR) is 143 cm³/mol. The summed E-state index contributed by atoms with van der Waals surface area (Å²) < 4.78 is 1.51. The summed E-state index contributed by atoms with van der Waals surface area (Å²) in [4.78, 5) is 13.8. The van der Waals surface area contributed by atoms with Crippen molar-refractivity contribution in [1.29, 1.82) is 10.5 Å². The minimum Gasteiger partial charge on any atom is -0.392 e. The third kappa shape index (κ3) is 4.60. The first-order valence-corrected chi connectivity index (χ1v) is 13.3. The lowest BCUT2D eigenvalue weighted by atomic mass is 9.91. The number of nitriles is 2. The maximum Gasteiger partial charge on any atom is 0.247 e. The second kappa shape index (κ2) is 9.75. The third-order valence-electron chi connectivity index (χ3n) is 7.97. The van der Waals surface area contributed by atoms with Crippen LogP contribution in [0.1, 0.15) is 49.4 Å². The van der Waals surface area contributed by atoms with E-state index in [2.05, 4.69) is 42.7 Å². The van der Waals surface area contributed by atoms with Gasteiger partial charge in [0.25, 0.3) is 0 Å². The molecule has 196 valence electrons. The van der Waals surface area contributed by atoms with Crippen molar-refractivity contribution in [1.82, 2.24) is 24.5 Å². The van der Waals surface area contributed by atoms with Crippen LogP contribution < -0.4 is 15.5 Å². The van der Waals surface area contributed by atoms with Crippen LogP contribution in [0.15, 0.2) is 18.3 Å². The lowest BCUT2D eigenvalue weighted by Crippen LogP contribution is -2.49. The molecule has 2 aliphatic heterocycles. The molecule has 1 aromatic carbocycles. The Morgan fingerprint density at radius 2 is 1.97 bits per heavy atom. The summed E-state index contributed by atoms with van der Waals surface area (Å²) in [6.45, 7) is 7.40. The van der Waals surface area contributed by atoms with Crippen molar-refractivity contribution in [3.05, 3.63) is 35.2 Å². The van der Waals surface area contributed by atoms with Gasteiger partial charge in [-0.2, -0.15) is 20.0 Å². The lowest BCUT2D eigenvalue weighted by Gasteiger charge is -2.41. The highest BCUT2D eigenvalue weighted by Crippen LogP contribution is 2.37. The number of aromatic nitrogens is 4. The summed E-state index contributed by atoms with van der Waals surface area (Å²) in [6.07, 6.45) is 5.56. The number of aliphatic hydroxyl groups is 1. The van der Waals surface area contributed by atoms with E-state index in [-0.39, 0.29) is 6.10 Å². The monoisotopic (exact) mass is 512 g/mol. The van der Waals surface area contributed by atoms with Gasteiger partial charge in [-0.05, 0) is 69.7 Å². The highest BCUT2D eigenvalue weighted by molar-refractivity contribution is 5.73. The molecule has 3 fully saturated rings. The molecular weight excluding hydrogens is 480 g/mol. The van der Waals surface area contributed by atoms with Crippen molar-refractivity contribution in [3.8, 4) is 12.1 Å². The number of piperidine rings is 1. The molecule has 2 saturated heterocycles. The molecule has 3 aliphatic rings. The smallest absolute Gasteiger partial charge is 0.247 e. The fourth-order valence-electron chi connectivity index (χ4n) is 5.88. The number of nitrogens with zero attached hydrogens (tertiary/aromatic N) is 8. The number of aliphatic hydroxyl groups excluding tert-OH is 1. The quantitative estimate of drug-likeness (QED) is 0.433. The maximum absolute atomic E-state index is 9.99. The van der Waals surface area contributed by atoms with E-state index in [9.17, 15) is 15.6 Å². The van der Waals surface area contributed by atoms with Crippen LogP contribution in [0.5, 0.6) is 0 Å². The molecule has 1 aliphatic carbocycles. The Labute approximate surface area is 221 Å². The molecule has 11 nitrogen and oxygen atoms in total. The molecule has 1 saturated carbocycles. The topological polar surface area (TPSA) is 141 Å². The van der Waals surface area contributed by atoms with Gasteiger partial charge >= 0.3 is 0 Å². The Kier molecular flexibility index (Phi) is 6.26. The van der Waals surface area contributed by atoms with Crippen molar-refractivity contribution in [2.45, 2.75) is 57.7 Å². The molecule has 3 atom stereocenters. The summed E-state index contributed by atoms with van der Waals surface area (Å²) in [5, 5.41) is 40.7. The van der Waals surface area contributed by atoms with Crippen LogP contribution in [0.2, 0.25) is 0 Å². The minimum absolute atomic E-state index is 0.327. The van der Waals surface area contributed by atoms with Gasteiger partial charge in [0.15, 0.2) is 17.2 Å². The number of anilines is 4. The zero-order valence-electron chi connectivity index (χ0n) is 21.7. The summed E-state index contributed by atoms with van der Waals surface area (Å²) in [7, 11) is 0. The van der Waals surface area contributed by atoms with Crippen LogP contribution in [0.4, 0.5) is 23.1 Å². The lowest BCUT2D eigenvalue weighted by molar-refractivity contribution is 0.109. The summed E-state index contributed by atoms with van der Waals surface area (Å²) in [5.74, 6) is 1.56. The molecule has 6 rings (SSSR count). The molecular formula is C27H32N10O. The van der Waals surface area contributed by atoms with Gasteiger partial charge in [-0.1, -0.05) is 0 Å². The van der Waals surface area contributed by atoms with Gasteiger partial charge in [0.05, 0.1) is 23.9 Å². The normalized spacial score (nSPS) is 22.1. The SMILES string of the molecule is Cc1c(Nc2nc(NC3CC3)c3ncc(C#N)n3n2)cc(C#N)cc1N1CCC2CCN(CC(C)O)C2C1. The summed E-state index contributed by atoms with van der Waals surface area (Å²) >= 11 is 0. The van der Waals surface area contributed by atoms with E-state index in [0.29, 0.717) is 53.2 Å². The number of imidazole rings is 1. The van der Waals surface area contributed by atoms with Gasteiger partial charge in [-0.25, -0.2) is 4.98 Å². The van der Waals surface area contributed by atoms with E-state index in [1.54, 1.807) is 0 Å². The van der Waals surface area contributed by atoms with Crippen molar-refractivity contribution in [2.75, 3.05) is 41.7 Å². The van der Waals surface area contributed by atoms with Gasteiger partial charge in [-0.3, -0.25) is 4.90 Å². The van der Waals surface area contributed by atoms with E-state index < -0.39 is 0 Å². The predicted octanol–water partition coefficient (Wildman–Crippen LogP) is 2.78. The van der Waals surface area contributed by atoms with Crippen LogP contribution in [0, 0.1) is 35.5 Å². The molecule has 0 amide bonds. The molecule has 3 unspecified atom stereocenters. The third-order valence-corrected chi connectivity index (χ3v) is 7.97. The number of nitrogens with one attached hydrogen (secondary N) is 2. The van der Waals surface area contributed by atoms with Crippen LogP contribution in [-0.4, -0.2) is 74.0 Å². The number of likely N-dealkylation sites (tertiary alicyclic amines) is 1. The zero-order chi connectivity index (χ0) is 26.4. The Hall–Kier alpha value is -3.93. The molecule has 0 radical (unpaired) electrons. The highest BCUT2D eigenvalue weighted by atomic mass is 16.3. The van der Waals surface area contributed by atoms with Gasteiger partial charge in [-0.15, -0.1) is 5.10 Å². The van der Waals surface area contributed by atoms with Gasteiger partial charge < -0.3 is 20.6 Å².